The van der Waals surface area contributed by atoms with E-state index in [1.54, 1.807) is 64.1 Å². The predicted molar refractivity (Wildman–Crippen MR) is 251 cm³/mol. The van der Waals surface area contributed by atoms with Crippen LogP contribution >= 0.6 is 0 Å². The summed E-state index contributed by atoms with van der Waals surface area (Å²) in [4.78, 5) is 63.2. The first-order valence-corrected chi connectivity index (χ1v) is 24.0. The standard InChI is InChI=1S/C52H52FN9O7/c1-27-17-34(18-28(2)43(27)53)62-44(59-15-14-58(49(59)66)33-8-9-36-39(22-33)57(6)47(64)51(36)12-13-51)42-37(55-62)21-35-25-67-26-41(42)60(35)45(63)40-20-32-19-30(31-11-16-68-50(4,5)24-31)7-10-38(32)61(40)52(23-29(52)3)46-54-48(65)69-56-46/h7-10,14-15,17-20,22,29,31,35,41H,11-13,16,21,23-26H2,1-6H3,(H,54,56,65)/t29-,31-,35+,41+,52-/m0/s1. The van der Waals surface area contributed by atoms with Gasteiger partial charge >= 0.3 is 11.4 Å². The van der Waals surface area contributed by atoms with Crippen molar-refractivity contribution in [2.24, 2.45) is 5.92 Å². The maximum Gasteiger partial charge on any atom is 0.438 e. The molecule has 2 saturated heterocycles. The largest absolute Gasteiger partial charge is 0.438 e. The molecule has 2 amide bonds. The quantitative estimate of drug-likeness (QED) is 0.181. The van der Waals surface area contributed by atoms with Crippen LogP contribution in [0.3, 0.4) is 0 Å². The van der Waals surface area contributed by atoms with Crippen molar-refractivity contribution in [3.05, 3.63) is 139 Å². The van der Waals surface area contributed by atoms with Crippen molar-refractivity contribution in [3.8, 4) is 17.2 Å². The van der Waals surface area contributed by atoms with Gasteiger partial charge in [-0.2, -0.15) is 5.10 Å². The average Bonchev–Trinajstić information content (AvgIpc) is 3.91. The number of hydrogen-bond acceptors (Lipinski definition) is 9. The van der Waals surface area contributed by atoms with Crippen LogP contribution in [0.2, 0.25) is 0 Å². The summed E-state index contributed by atoms with van der Waals surface area (Å²) in [6.45, 7) is 10.8. The van der Waals surface area contributed by atoms with Gasteiger partial charge < -0.3 is 23.8 Å². The second-order valence-electron chi connectivity index (χ2n) is 21.0. The van der Waals surface area contributed by atoms with E-state index < -0.39 is 34.5 Å². The molecular weight excluding hydrogens is 882 g/mol. The lowest BCUT2D eigenvalue weighted by Gasteiger charge is -2.45. The zero-order chi connectivity index (χ0) is 47.6. The molecule has 354 valence electrons. The molecule has 5 atom stereocenters. The minimum absolute atomic E-state index is 0.00286. The number of H-pyrrole nitrogens is 1. The Morgan fingerprint density at radius 3 is 2.41 bits per heavy atom. The number of imidazole rings is 1. The van der Waals surface area contributed by atoms with Gasteiger partial charge in [-0.15, -0.1) is 0 Å². The minimum Gasteiger partial charge on any atom is -0.377 e. The van der Waals surface area contributed by atoms with Crippen molar-refractivity contribution >= 4 is 28.4 Å². The summed E-state index contributed by atoms with van der Waals surface area (Å²) in [6.07, 6.45) is 7.68. The molecule has 0 radical (unpaired) electrons. The lowest BCUT2D eigenvalue weighted by Crippen LogP contribution is -2.55. The maximum absolute atomic E-state index is 16.0. The van der Waals surface area contributed by atoms with Gasteiger partial charge in [0.05, 0.1) is 53.4 Å². The lowest BCUT2D eigenvalue weighted by atomic mass is 9.83. The molecule has 69 heavy (non-hydrogen) atoms. The molecular formula is C52H52FN9O7. The summed E-state index contributed by atoms with van der Waals surface area (Å²) in [6, 6.07) is 16.4. The molecule has 2 bridgehead atoms. The van der Waals surface area contributed by atoms with E-state index in [-0.39, 0.29) is 48.3 Å². The van der Waals surface area contributed by atoms with E-state index in [1.807, 2.05) is 29.2 Å². The molecule has 6 aliphatic rings. The number of carbonyl (C=O) groups is 2. The number of halogens is 1. The van der Waals surface area contributed by atoms with Crippen LogP contribution in [-0.4, -0.2) is 88.8 Å². The number of rotatable bonds is 7. The summed E-state index contributed by atoms with van der Waals surface area (Å²) in [5, 5.41) is 10.3. The molecule has 13 rings (SSSR count). The smallest absolute Gasteiger partial charge is 0.377 e. The lowest BCUT2D eigenvalue weighted by molar-refractivity contribution is -0.119. The normalized spacial score (nSPS) is 25.1. The second-order valence-corrected chi connectivity index (χ2v) is 21.0. The summed E-state index contributed by atoms with van der Waals surface area (Å²) < 4.78 is 39.6. The first-order chi connectivity index (χ1) is 33.1. The average molecular weight is 934 g/mol. The Balaban J connectivity index is 0.968. The molecule has 4 aromatic heterocycles. The van der Waals surface area contributed by atoms with Gasteiger partial charge in [0, 0.05) is 54.6 Å². The number of carbonyl (C=O) groups excluding carboxylic acids is 2. The number of aromatic amines is 1. The Kier molecular flexibility index (Phi) is 8.79. The SMILES string of the molecule is Cc1cc(-n2nc3c(c2-n2ccn(-c4ccc5c(c4)N(C)C(=O)C54CC4)c2=O)[C@H]2COC[C@@H](C3)N2C(=O)c2cc3cc([C@H]4CCOC(C)(C)C4)ccc3n2[C@@]2(c3noc(=O)[nH]3)C[C@@H]2C)cc(C)c1F. The fourth-order valence-electron chi connectivity index (χ4n) is 12.6. The van der Waals surface area contributed by atoms with E-state index in [9.17, 15) is 9.59 Å². The Morgan fingerprint density at radius 2 is 1.70 bits per heavy atom. The topological polar surface area (TPSA) is 168 Å². The summed E-state index contributed by atoms with van der Waals surface area (Å²) in [7, 11) is 1.78. The van der Waals surface area contributed by atoms with Gasteiger partial charge in [0.1, 0.15) is 22.9 Å². The molecule has 7 aromatic rings. The number of ether oxygens (including phenoxy) is 2. The van der Waals surface area contributed by atoms with Gasteiger partial charge in [-0.25, -0.2) is 18.7 Å². The van der Waals surface area contributed by atoms with Crippen LogP contribution in [-0.2, 0) is 31.6 Å². The summed E-state index contributed by atoms with van der Waals surface area (Å²) in [5.74, 6) is -0.128. The van der Waals surface area contributed by atoms with E-state index in [1.165, 1.54) is 5.56 Å². The number of likely N-dealkylation sites (N-methyl/N-ethyl adjacent to an activating group) is 1. The molecule has 2 aliphatic carbocycles. The molecule has 1 spiro atoms. The molecule has 16 nitrogen and oxygen atoms in total. The van der Waals surface area contributed by atoms with Crippen LogP contribution in [0.25, 0.3) is 28.1 Å². The van der Waals surface area contributed by atoms with E-state index in [0.717, 1.165) is 47.8 Å². The van der Waals surface area contributed by atoms with Gasteiger partial charge in [0.15, 0.2) is 5.82 Å². The van der Waals surface area contributed by atoms with Crippen LogP contribution in [0.5, 0.6) is 0 Å². The molecule has 2 saturated carbocycles. The van der Waals surface area contributed by atoms with E-state index in [0.29, 0.717) is 70.5 Å². The fourth-order valence-corrected chi connectivity index (χ4v) is 12.6. The van der Waals surface area contributed by atoms with Crippen molar-refractivity contribution < 1.29 is 28.0 Å². The monoisotopic (exact) mass is 933 g/mol. The number of fused-ring (bicyclic) bond motifs is 7. The number of aromatic nitrogens is 7. The van der Waals surface area contributed by atoms with Crippen LogP contribution in [0.1, 0.15) is 115 Å². The summed E-state index contributed by atoms with van der Waals surface area (Å²) in [5.41, 5.74) is 5.56. The van der Waals surface area contributed by atoms with E-state index in [4.69, 9.17) is 19.1 Å². The third-order valence-corrected chi connectivity index (χ3v) is 16.3. The van der Waals surface area contributed by atoms with Crippen LogP contribution in [0, 0.1) is 25.6 Å². The first kappa shape index (κ1) is 42.3. The highest BCUT2D eigenvalue weighted by Gasteiger charge is 2.60. The van der Waals surface area contributed by atoms with Crippen molar-refractivity contribution in [1.29, 1.82) is 0 Å². The zero-order valence-corrected chi connectivity index (χ0v) is 39.3. The number of amides is 2. The Labute approximate surface area is 395 Å². The van der Waals surface area contributed by atoms with Crippen LogP contribution in [0.15, 0.2) is 81.1 Å². The minimum atomic E-state index is -0.864. The third-order valence-electron chi connectivity index (χ3n) is 16.3. The number of nitrogens with one attached hydrogen (secondary N) is 1. The van der Waals surface area contributed by atoms with E-state index in [2.05, 4.69) is 53.7 Å². The Hall–Kier alpha value is -6.85. The van der Waals surface area contributed by atoms with Gasteiger partial charge in [-0.3, -0.25) is 28.2 Å². The van der Waals surface area contributed by atoms with Gasteiger partial charge in [-0.1, -0.05) is 24.2 Å². The number of anilines is 1. The number of hydrogen-bond donors (Lipinski definition) is 1. The number of morpholine rings is 1. The fraction of sp³-hybridized carbons (Fsp3) is 0.423. The number of nitrogens with zero attached hydrogens (tertiary/aromatic N) is 8. The zero-order valence-electron chi connectivity index (χ0n) is 39.3. The van der Waals surface area contributed by atoms with Gasteiger partial charge in [0.25, 0.3) is 5.91 Å². The second kappa shape index (κ2) is 14.4. The third kappa shape index (κ3) is 5.98. The van der Waals surface area contributed by atoms with Gasteiger partial charge in [-0.05, 0) is 136 Å². The first-order valence-electron chi connectivity index (χ1n) is 24.0. The Morgan fingerprint density at radius 1 is 0.928 bits per heavy atom. The van der Waals surface area contributed by atoms with Crippen LogP contribution in [0.4, 0.5) is 10.1 Å². The molecule has 4 fully saturated rings. The van der Waals surface area contributed by atoms with E-state index >= 15 is 14.0 Å². The van der Waals surface area contributed by atoms with Crippen molar-refractivity contribution in [1.82, 2.24) is 38.5 Å². The van der Waals surface area contributed by atoms with Crippen molar-refractivity contribution in [2.45, 2.75) is 108 Å². The molecule has 17 heteroatoms. The number of aryl methyl sites for hydroxylation is 2. The maximum atomic E-state index is 16.0. The molecule has 0 unspecified atom stereocenters. The van der Waals surface area contributed by atoms with Crippen molar-refractivity contribution in [2.75, 3.05) is 31.8 Å². The van der Waals surface area contributed by atoms with Gasteiger partial charge in [0.2, 0.25) is 5.91 Å². The molecule has 1 N–H and O–H groups in total. The van der Waals surface area contributed by atoms with Crippen molar-refractivity contribution in [3.63, 3.8) is 0 Å². The summed E-state index contributed by atoms with van der Waals surface area (Å²) >= 11 is 0. The molecule has 8 heterocycles. The molecule has 4 aliphatic heterocycles. The highest BCUT2D eigenvalue weighted by atomic mass is 19.1. The number of benzene rings is 3. The predicted octanol–water partition coefficient (Wildman–Crippen LogP) is 6.80. The highest BCUT2D eigenvalue weighted by Crippen LogP contribution is 2.58. The Bertz CT molecular complexity index is 3470. The molecule has 3 aromatic carbocycles. The highest BCUT2D eigenvalue weighted by molar-refractivity contribution is 6.10. The van der Waals surface area contributed by atoms with Crippen LogP contribution < -0.4 is 16.3 Å².